The van der Waals surface area contributed by atoms with E-state index in [1.807, 2.05) is 24.7 Å². The molecule has 16 heavy (non-hydrogen) atoms. The summed E-state index contributed by atoms with van der Waals surface area (Å²) in [5.41, 5.74) is 2.63. The Labute approximate surface area is 94.7 Å². The smallest absolute Gasteiger partial charge is 0.119 e. The topological polar surface area (TPSA) is 27.1 Å². The van der Waals surface area contributed by atoms with Gasteiger partial charge < -0.3 is 9.30 Å². The molecule has 0 bridgehead atoms. The third kappa shape index (κ3) is 1.40. The van der Waals surface area contributed by atoms with Crippen LogP contribution in [0.25, 0.3) is 0 Å². The minimum Gasteiger partial charge on any atom is -0.497 e. The first kappa shape index (κ1) is 9.46. The lowest BCUT2D eigenvalue weighted by molar-refractivity contribution is 0.413. The molecule has 1 aliphatic heterocycles. The van der Waals surface area contributed by atoms with Gasteiger partial charge in [-0.25, -0.2) is 4.98 Å². The lowest BCUT2D eigenvalue weighted by Crippen LogP contribution is -2.04. The molecule has 0 saturated carbocycles. The summed E-state index contributed by atoms with van der Waals surface area (Å²) in [6.45, 7) is 0. The van der Waals surface area contributed by atoms with Gasteiger partial charge in [-0.05, 0) is 30.5 Å². The molecule has 0 saturated heterocycles. The van der Waals surface area contributed by atoms with Gasteiger partial charge in [0, 0.05) is 11.9 Å². The molecule has 2 aromatic rings. The highest BCUT2D eigenvalue weighted by molar-refractivity contribution is 5.32. The van der Waals surface area contributed by atoms with Gasteiger partial charge in [0.25, 0.3) is 0 Å². The number of imidazole rings is 1. The molecule has 3 heteroatoms. The molecule has 3 rings (SSSR count). The van der Waals surface area contributed by atoms with Gasteiger partial charge in [-0.1, -0.05) is 12.1 Å². The van der Waals surface area contributed by atoms with E-state index in [0.717, 1.165) is 18.6 Å². The van der Waals surface area contributed by atoms with Gasteiger partial charge in [0.15, 0.2) is 0 Å². The number of aromatic nitrogens is 2. The summed E-state index contributed by atoms with van der Waals surface area (Å²) in [4.78, 5) is 4.19. The summed E-state index contributed by atoms with van der Waals surface area (Å²) in [7, 11) is 1.70. The van der Waals surface area contributed by atoms with Crippen molar-refractivity contribution in [1.82, 2.24) is 9.55 Å². The van der Waals surface area contributed by atoms with Gasteiger partial charge in [0.05, 0.1) is 19.5 Å². The molecule has 0 spiro atoms. The maximum Gasteiger partial charge on any atom is 0.119 e. The van der Waals surface area contributed by atoms with Crippen LogP contribution in [0.15, 0.2) is 36.8 Å². The average Bonchev–Trinajstić information content (AvgIpc) is 2.90. The van der Waals surface area contributed by atoms with Gasteiger partial charge in [-0.3, -0.25) is 0 Å². The Balaban J connectivity index is 1.99. The molecule has 1 unspecified atom stereocenters. The van der Waals surface area contributed by atoms with Crippen LogP contribution in [-0.2, 0) is 6.42 Å². The highest BCUT2D eigenvalue weighted by Crippen LogP contribution is 2.32. The van der Waals surface area contributed by atoms with Crippen molar-refractivity contribution in [2.45, 2.75) is 18.9 Å². The van der Waals surface area contributed by atoms with Crippen molar-refractivity contribution < 1.29 is 4.74 Å². The second-order valence-electron chi connectivity index (χ2n) is 4.12. The van der Waals surface area contributed by atoms with Crippen LogP contribution >= 0.6 is 0 Å². The van der Waals surface area contributed by atoms with Crippen LogP contribution in [-0.4, -0.2) is 16.7 Å². The number of ether oxygens (including phenoxy) is 1. The van der Waals surface area contributed by atoms with E-state index in [-0.39, 0.29) is 0 Å². The van der Waals surface area contributed by atoms with E-state index in [0.29, 0.717) is 6.04 Å². The molecule has 3 nitrogen and oxygen atoms in total. The fourth-order valence-electron chi connectivity index (χ4n) is 2.41. The zero-order valence-corrected chi connectivity index (χ0v) is 9.26. The number of hydrogen-bond acceptors (Lipinski definition) is 2. The maximum absolute atomic E-state index is 5.26. The van der Waals surface area contributed by atoms with Crippen LogP contribution in [0.1, 0.15) is 23.7 Å². The fraction of sp³-hybridized carbons (Fsp3) is 0.308. The largest absolute Gasteiger partial charge is 0.497 e. The Morgan fingerprint density at radius 1 is 1.44 bits per heavy atom. The van der Waals surface area contributed by atoms with Crippen molar-refractivity contribution >= 4 is 0 Å². The van der Waals surface area contributed by atoms with E-state index >= 15 is 0 Å². The third-order valence-electron chi connectivity index (χ3n) is 3.23. The number of rotatable bonds is 2. The quantitative estimate of drug-likeness (QED) is 0.767. The minimum absolute atomic E-state index is 0.424. The van der Waals surface area contributed by atoms with Crippen LogP contribution in [0.2, 0.25) is 0 Å². The SMILES string of the molecule is COc1cccc(C2CCc3cncn32)c1. The standard InChI is InChI=1S/C13H14N2O/c1-16-12-4-2-3-10(7-12)13-6-5-11-8-14-9-15(11)13/h2-4,7-9,13H,5-6H2,1H3. The zero-order valence-electron chi connectivity index (χ0n) is 9.26. The molecule has 0 amide bonds. The van der Waals surface area contributed by atoms with Crippen LogP contribution in [0, 0.1) is 0 Å². The zero-order chi connectivity index (χ0) is 11.0. The molecular formula is C13H14N2O. The molecule has 1 aromatic carbocycles. The fourth-order valence-corrected chi connectivity index (χ4v) is 2.41. The second-order valence-corrected chi connectivity index (χ2v) is 4.12. The molecule has 0 fully saturated rings. The highest BCUT2D eigenvalue weighted by Gasteiger charge is 2.23. The number of aryl methyl sites for hydroxylation is 1. The predicted octanol–water partition coefficient (Wildman–Crippen LogP) is 2.43. The van der Waals surface area contributed by atoms with Gasteiger partial charge >= 0.3 is 0 Å². The molecule has 0 N–H and O–H groups in total. The summed E-state index contributed by atoms with van der Waals surface area (Å²) >= 11 is 0. The maximum atomic E-state index is 5.26. The molecule has 82 valence electrons. The first-order chi connectivity index (χ1) is 7.88. The Kier molecular flexibility index (Phi) is 2.17. The van der Waals surface area contributed by atoms with E-state index in [9.17, 15) is 0 Å². The summed E-state index contributed by atoms with van der Waals surface area (Å²) in [6.07, 6.45) is 6.15. The van der Waals surface area contributed by atoms with Crippen molar-refractivity contribution in [3.8, 4) is 5.75 Å². The summed E-state index contributed by atoms with van der Waals surface area (Å²) in [5, 5.41) is 0. The highest BCUT2D eigenvalue weighted by atomic mass is 16.5. The van der Waals surface area contributed by atoms with E-state index in [4.69, 9.17) is 4.74 Å². The molecule has 2 heterocycles. The number of benzene rings is 1. The van der Waals surface area contributed by atoms with E-state index in [1.54, 1.807) is 7.11 Å². The van der Waals surface area contributed by atoms with Crippen LogP contribution in [0.5, 0.6) is 5.75 Å². The number of methoxy groups -OCH3 is 1. The van der Waals surface area contributed by atoms with E-state index in [1.165, 1.54) is 11.3 Å². The molecule has 0 aliphatic carbocycles. The third-order valence-corrected chi connectivity index (χ3v) is 3.23. The Morgan fingerprint density at radius 2 is 2.38 bits per heavy atom. The van der Waals surface area contributed by atoms with Gasteiger partial charge in [-0.2, -0.15) is 0 Å². The Hall–Kier alpha value is -1.77. The molecule has 1 aromatic heterocycles. The van der Waals surface area contributed by atoms with Gasteiger partial charge in [0.2, 0.25) is 0 Å². The molecule has 0 radical (unpaired) electrons. The molecular weight excluding hydrogens is 200 g/mol. The minimum atomic E-state index is 0.424. The molecule has 1 aliphatic rings. The monoisotopic (exact) mass is 214 g/mol. The lowest BCUT2D eigenvalue weighted by Gasteiger charge is -2.14. The lowest BCUT2D eigenvalue weighted by atomic mass is 10.0. The first-order valence-corrected chi connectivity index (χ1v) is 5.53. The number of fused-ring (bicyclic) bond motifs is 1. The van der Waals surface area contributed by atoms with Gasteiger partial charge in [-0.15, -0.1) is 0 Å². The second kappa shape index (κ2) is 3.67. The predicted molar refractivity (Wildman–Crippen MR) is 61.7 cm³/mol. The van der Waals surface area contributed by atoms with Gasteiger partial charge in [0.1, 0.15) is 5.75 Å². The van der Waals surface area contributed by atoms with E-state index < -0.39 is 0 Å². The summed E-state index contributed by atoms with van der Waals surface area (Å²) < 4.78 is 7.52. The van der Waals surface area contributed by atoms with Crippen LogP contribution < -0.4 is 4.74 Å². The van der Waals surface area contributed by atoms with Crippen molar-refractivity contribution in [3.05, 3.63) is 48.0 Å². The molecule has 1 atom stereocenters. The van der Waals surface area contributed by atoms with Crippen molar-refractivity contribution in [3.63, 3.8) is 0 Å². The number of hydrogen-bond donors (Lipinski definition) is 0. The van der Waals surface area contributed by atoms with Crippen LogP contribution in [0.4, 0.5) is 0 Å². The van der Waals surface area contributed by atoms with Crippen molar-refractivity contribution in [2.24, 2.45) is 0 Å². The van der Waals surface area contributed by atoms with Crippen molar-refractivity contribution in [2.75, 3.05) is 7.11 Å². The van der Waals surface area contributed by atoms with Crippen LogP contribution in [0.3, 0.4) is 0 Å². The normalized spacial score (nSPS) is 18.4. The summed E-state index contributed by atoms with van der Waals surface area (Å²) in [5.74, 6) is 0.922. The number of nitrogens with zero attached hydrogens (tertiary/aromatic N) is 2. The Morgan fingerprint density at radius 3 is 3.25 bits per heavy atom. The van der Waals surface area contributed by atoms with Crippen molar-refractivity contribution in [1.29, 1.82) is 0 Å². The summed E-state index contributed by atoms with van der Waals surface area (Å²) in [6, 6.07) is 8.71. The Bertz CT molecular complexity index is 504. The first-order valence-electron chi connectivity index (χ1n) is 5.53. The van der Waals surface area contributed by atoms with E-state index in [2.05, 4.69) is 21.7 Å². The average molecular weight is 214 g/mol.